The fraction of sp³-hybridized carbons (Fsp3) is 0.625. The van der Waals surface area contributed by atoms with Gasteiger partial charge in [0.25, 0.3) is 0 Å². The van der Waals surface area contributed by atoms with E-state index in [9.17, 15) is 0 Å². The van der Waals surface area contributed by atoms with Crippen molar-refractivity contribution in [2.24, 2.45) is 11.8 Å². The van der Waals surface area contributed by atoms with Crippen LogP contribution in [0.25, 0.3) is 0 Å². The molecular formula is C16H24N2. The smallest absolute Gasteiger partial charge is 0.0372 e. The van der Waals surface area contributed by atoms with Gasteiger partial charge in [-0.05, 0) is 42.9 Å². The average Bonchev–Trinajstić information content (AvgIpc) is 2.86. The summed E-state index contributed by atoms with van der Waals surface area (Å²) in [5, 5.41) is 3.59. The van der Waals surface area contributed by atoms with Crippen LogP contribution in [0, 0.1) is 11.8 Å². The highest BCUT2D eigenvalue weighted by molar-refractivity contribution is 5.53. The molecule has 1 fully saturated rings. The lowest BCUT2D eigenvalue weighted by atomic mass is 9.93. The zero-order chi connectivity index (χ0) is 12.4. The number of hydrogen-bond donors (Lipinski definition) is 1. The number of nitrogens with one attached hydrogen (secondary N) is 1. The first kappa shape index (κ1) is 12.0. The van der Waals surface area contributed by atoms with Gasteiger partial charge in [-0.2, -0.15) is 0 Å². The largest absolute Gasteiger partial charge is 0.384 e. The standard InChI is InChI=1S/C16H24N2/c1-2-13-7-8-18(11-13)12-14-9-15-5-3-4-6-16(15)17-10-14/h3-6,13-14,17H,2,7-12H2,1H3. The fourth-order valence-electron chi connectivity index (χ4n) is 3.41. The van der Waals surface area contributed by atoms with Crippen LogP contribution in [0.5, 0.6) is 0 Å². The van der Waals surface area contributed by atoms with Crippen molar-refractivity contribution in [3.8, 4) is 0 Å². The van der Waals surface area contributed by atoms with Crippen molar-refractivity contribution in [2.45, 2.75) is 26.2 Å². The Morgan fingerprint density at radius 3 is 3.00 bits per heavy atom. The Hall–Kier alpha value is -1.02. The number of anilines is 1. The Balaban J connectivity index is 1.57. The second-order valence-corrected chi connectivity index (χ2v) is 5.93. The zero-order valence-corrected chi connectivity index (χ0v) is 11.4. The molecule has 2 aliphatic heterocycles. The molecule has 1 saturated heterocycles. The van der Waals surface area contributed by atoms with Crippen molar-refractivity contribution in [3.05, 3.63) is 29.8 Å². The molecule has 2 unspecified atom stereocenters. The molecule has 2 heteroatoms. The molecule has 0 amide bonds. The summed E-state index contributed by atoms with van der Waals surface area (Å²) in [5.74, 6) is 1.74. The van der Waals surface area contributed by atoms with E-state index in [1.807, 2.05) is 0 Å². The molecular weight excluding hydrogens is 220 g/mol. The molecule has 0 aliphatic carbocycles. The van der Waals surface area contributed by atoms with Gasteiger partial charge >= 0.3 is 0 Å². The molecule has 98 valence electrons. The fourth-order valence-corrected chi connectivity index (χ4v) is 3.41. The molecule has 2 aliphatic rings. The van der Waals surface area contributed by atoms with Gasteiger partial charge in [0, 0.05) is 25.3 Å². The number of hydrogen-bond acceptors (Lipinski definition) is 2. The second kappa shape index (κ2) is 5.31. The summed E-state index contributed by atoms with van der Waals surface area (Å²) >= 11 is 0. The molecule has 2 atom stereocenters. The third-order valence-corrected chi connectivity index (χ3v) is 4.57. The Kier molecular flexibility index (Phi) is 3.55. The monoisotopic (exact) mass is 244 g/mol. The third kappa shape index (κ3) is 2.54. The van der Waals surface area contributed by atoms with Gasteiger partial charge in [0.1, 0.15) is 0 Å². The Labute approximate surface area is 110 Å². The molecule has 1 aromatic carbocycles. The SMILES string of the molecule is CCC1CCN(CC2CNc3ccccc3C2)C1. The number of para-hydroxylation sites is 1. The summed E-state index contributed by atoms with van der Waals surface area (Å²) < 4.78 is 0. The maximum absolute atomic E-state index is 3.59. The van der Waals surface area contributed by atoms with Gasteiger partial charge in [0.05, 0.1) is 0 Å². The highest BCUT2D eigenvalue weighted by Gasteiger charge is 2.25. The van der Waals surface area contributed by atoms with Crippen molar-refractivity contribution < 1.29 is 0 Å². The number of rotatable bonds is 3. The van der Waals surface area contributed by atoms with Crippen LogP contribution >= 0.6 is 0 Å². The van der Waals surface area contributed by atoms with Crippen LogP contribution < -0.4 is 5.32 Å². The second-order valence-electron chi connectivity index (χ2n) is 5.93. The minimum Gasteiger partial charge on any atom is -0.384 e. The van der Waals surface area contributed by atoms with E-state index in [4.69, 9.17) is 0 Å². The van der Waals surface area contributed by atoms with Gasteiger partial charge in [-0.15, -0.1) is 0 Å². The van der Waals surface area contributed by atoms with E-state index in [1.54, 1.807) is 0 Å². The molecule has 1 aromatic rings. The van der Waals surface area contributed by atoms with Crippen LogP contribution in [0.2, 0.25) is 0 Å². The summed E-state index contributed by atoms with van der Waals surface area (Å²) in [6.07, 6.45) is 4.01. The quantitative estimate of drug-likeness (QED) is 0.879. The Morgan fingerprint density at radius 1 is 1.28 bits per heavy atom. The lowest BCUT2D eigenvalue weighted by Crippen LogP contribution is -2.34. The molecule has 0 aromatic heterocycles. The van der Waals surface area contributed by atoms with E-state index < -0.39 is 0 Å². The summed E-state index contributed by atoms with van der Waals surface area (Å²) in [7, 11) is 0. The molecule has 0 saturated carbocycles. The zero-order valence-electron chi connectivity index (χ0n) is 11.4. The molecule has 0 bridgehead atoms. The van der Waals surface area contributed by atoms with Gasteiger partial charge in [-0.3, -0.25) is 0 Å². The van der Waals surface area contributed by atoms with E-state index in [0.717, 1.165) is 18.4 Å². The summed E-state index contributed by atoms with van der Waals surface area (Å²) in [6.45, 7) is 7.39. The van der Waals surface area contributed by atoms with Crippen LogP contribution in [0.15, 0.2) is 24.3 Å². The molecule has 2 nitrogen and oxygen atoms in total. The van der Waals surface area contributed by atoms with Crippen LogP contribution in [-0.2, 0) is 6.42 Å². The normalized spacial score (nSPS) is 27.8. The first-order valence-electron chi connectivity index (χ1n) is 7.39. The predicted octanol–water partition coefficient (Wildman–Crippen LogP) is 3.00. The van der Waals surface area contributed by atoms with Crippen LogP contribution in [0.3, 0.4) is 0 Å². The molecule has 1 N–H and O–H groups in total. The van der Waals surface area contributed by atoms with Crippen molar-refractivity contribution in [1.29, 1.82) is 0 Å². The third-order valence-electron chi connectivity index (χ3n) is 4.57. The number of likely N-dealkylation sites (tertiary alicyclic amines) is 1. The highest BCUT2D eigenvalue weighted by Crippen LogP contribution is 2.26. The predicted molar refractivity (Wildman–Crippen MR) is 77.0 cm³/mol. The molecule has 0 radical (unpaired) electrons. The molecule has 2 heterocycles. The minimum absolute atomic E-state index is 0.788. The van der Waals surface area contributed by atoms with Gasteiger partial charge < -0.3 is 10.2 Å². The summed E-state index contributed by atoms with van der Waals surface area (Å²) in [4.78, 5) is 2.68. The van der Waals surface area contributed by atoms with E-state index >= 15 is 0 Å². The lowest BCUT2D eigenvalue weighted by Gasteiger charge is -2.29. The van der Waals surface area contributed by atoms with E-state index in [2.05, 4.69) is 41.4 Å². The van der Waals surface area contributed by atoms with Crippen LogP contribution in [0.1, 0.15) is 25.3 Å². The molecule has 0 spiro atoms. The van der Waals surface area contributed by atoms with Crippen molar-refractivity contribution in [3.63, 3.8) is 0 Å². The van der Waals surface area contributed by atoms with Crippen molar-refractivity contribution in [1.82, 2.24) is 4.90 Å². The maximum Gasteiger partial charge on any atom is 0.0372 e. The maximum atomic E-state index is 3.59. The van der Waals surface area contributed by atoms with Crippen LogP contribution in [-0.4, -0.2) is 31.1 Å². The first-order valence-corrected chi connectivity index (χ1v) is 7.39. The van der Waals surface area contributed by atoms with Gasteiger partial charge in [-0.1, -0.05) is 31.5 Å². The molecule has 18 heavy (non-hydrogen) atoms. The van der Waals surface area contributed by atoms with Crippen molar-refractivity contribution in [2.75, 3.05) is 31.5 Å². The van der Waals surface area contributed by atoms with Gasteiger partial charge in [0.15, 0.2) is 0 Å². The lowest BCUT2D eigenvalue weighted by molar-refractivity contribution is 0.270. The van der Waals surface area contributed by atoms with Gasteiger partial charge in [0.2, 0.25) is 0 Å². The topological polar surface area (TPSA) is 15.3 Å². The molecule has 3 rings (SSSR count). The average molecular weight is 244 g/mol. The number of fused-ring (bicyclic) bond motifs is 1. The Bertz CT molecular complexity index is 402. The minimum atomic E-state index is 0.788. The van der Waals surface area contributed by atoms with Gasteiger partial charge in [-0.25, -0.2) is 0 Å². The summed E-state index contributed by atoms with van der Waals surface area (Å²) in [5.41, 5.74) is 2.85. The van der Waals surface area contributed by atoms with E-state index in [0.29, 0.717) is 0 Å². The number of nitrogens with zero attached hydrogens (tertiary/aromatic N) is 1. The first-order chi connectivity index (χ1) is 8.85. The van der Waals surface area contributed by atoms with Crippen LogP contribution in [0.4, 0.5) is 5.69 Å². The Morgan fingerprint density at radius 2 is 2.17 bits per heavy atom. The van der Waals surface area contributed by atoms with Crippen molar-refractivity contribution >= 4 is 5.69 Å². The highest BCUT2D eigenvalue weighted by atomic mass is 15.1. The number of benzene rings is 1. The van der Waals surface area contributed by atoms with E-state index in [-0.39, 0.29) is 0 Å². The summed E-state index contributed by atoms with van der Waals surface area (Å²) in [6, 6.07) is 8.76. The van der Waals surface area contributed by atoms with E-state index in [1.165, 1.54) is 50.1 Å².